The van der Waals surface area contributed by atoms with Crippen LogP contribution in [-0.4, -0.2) is 25.6 Å². The Balaban J connectivity index is 2.32. The lowest BCUT2D eigenvalue weighted by Gasteiger charge is -2.02. The van der Waals surface area contributed by atoms with Crippen LogP contribution in [0.2, 0.25) is 0 Å². The second-order valence-electron chi connectivity index (χ2n) is 3.59. The smallest absolute Gasteiger partial charge is 0.345 e. The van der Waals surface area contributed by atoms with Gasteiger partial charge >= 0.3 is 5.69 Å². The molecule has 1 aromatic heterocycles. The molecule has 1 atom stereocenters. The summed E-state index contributed by atoms with van der Waals surface area (Å²) in [5.41, 5.74) is -0.0814. The Kier molecular flexibility index (Phi) is 3.88. The summed E-state index contributed by atoms with van der Waals surface area (Å²) >= 11 is 0. The average molecular weight is 199 g/mol. The van der Waals surface area contributed by atoms with Crippen molar-refractivity contribution in [3.05, 3.63) is 16.8 Å². The van der Waals surface area contributed by atoms with Crippen LogP contribution >= 0.6 is 0 Å². The fraction of sp³-hybridized carbons (Fsp3) is 0.778. The van der Waals surface area contributed by atoms with Gasteiger partial charge in [0.2, 0.25) is 0 Å². The third kappa shape index (κ3) is 2.99. The minimum absolute atomic E-state index is 0.0814. The monoisotopic (exact) mass is 199 g/mol. The minimum Gasteiger partial charge on any atom is -0.393 e. The van der Waals surface area contributed by atoms with Gasteiger partial charge in [0, 0.05) is 13.6 Å². The van der Waals surface area contributed by atoms with Gasteiger partial charge in [-0.15, -0.1) is 0 Å². The van der Waals surface area contributed by atoms with Gasteiger partial charge in [-0.2, -0.15) is 5.10 Å². The molecule has 14 heavy (non-hydrogen) atoms. The predicted octanol–water partition coefficient (Wildman–Crippen LogP) is 0.133. The number of hydrogen-bond acceptors (Lipinski definition) is 3. The van der Waals surface area contributed by atoms with E-state index in [4.69, 9.17) is 5.11 Å². The van der Waals surface area contributed by atoms with E-state index < -0.39 is 0 Å². The number of aliphatic hydroxyl groups is 1. The summed E-state index contributed by atoms with van der Waals surface area (Å²) in [6.45, 7) is 2.40. The van der Waals surface area contributed by atoms with E-state index >= 15 is 0 Å². The quantitative estimate of drug-likeness (QED) is 0.686. The second-order valence-corrected chi connectivity index (χ2v) is 3.59. The van der Waals surface area contributed by atoms with E-state index in [9.17, 15) is 4.79 Å². The lowest BCUT2D eigenvalue weighted by atomic mass is 10.2. The lowest BCUT2D eigenvalue weighted by molar-refractivity contribution is 0.179. The second kappa shape index (κ2) is 4.95. The molecule has 0 aliphatic rings. The maximum absolute atomic E-state index is 11.3. The fourth-order valence-corrected chi connectivity index (χ4v) is 1.28. The molecule has 0 saturated heterocycles. The van der Waals surface area contributed by atoms with Gasteiger partial charge in [0.15, 0.2) is 0 Å². The van der Waals surface area contributed by atoms with Crippen molar-refractivity contribution in [3.63, 3.8) is 0 Å². The number of hydrogen-bond donors (Lipinski definition) is 1. The summed E-state index contributed by atoms with van der Waals surface area (Å²) in [4.78, 5) is 11.3. The fourth-order valence-electron chi connectivity index (χ4n) is 1.28. The molecule has 1 aromatic rings. The highest BCUT2D eigenvalue weighted by molar-refractivity contribution is 4.64. The molecular weight excluding hydrogens is 182 g/mol. The van der Waals surface area contributed by atoms with Crippen molar-refractivity contribution in [3.8, 4) is 0 Å². The van der Waals surface area contributed by atoms with Crippen LogP contribution in [-0.2, 0) is 13.6 Å². The largest absolute Gasteiger partial charge is 0.393 e. The molecule has 0 bridgehead atoms. The van der Waals surface area contributed by atoms with E-state index in [1.54, 1.807) is 14.0 Å². The molecule has 0 spiro atoms. The van der Waals surface area contributed by atoms with Gasteiger partial charge in [-0.25, -0.2) is 9.48 Å². The van der Waals surface area contributed by atoms with Crippen LogP contribution in [0, 0.1) is 0 Å². The Morgan fingerprint density at radius 3 is 2.79 bits per heavy atom. The molecule has 5 heteroatoms. The first-order valence-electron chi connectivity index (χ1n) is 4.87. The predicted molar refractivity (Wildman–Crippen MR) is 53.0 cm³/mol. The number of nitrogens with zero attached hydrogens (tertiary/aromatic N) is 3. The lowest BCUT2D eigenvalue weighted by Crippen LogP contribution is -2.23. The molecule has 1 N–H and O–H groups in total. The molecule has 0 saturated carbocycles. The van der Waals surface area contributed by atoms with Crippen molar-refractivity contribution in [2.24, 2.45) is 7.05 Å². The molecule has 1 rings (SSSR count). The van der Waals surface area contributed by atoms with Gasteiger partial charge < -0.3 is 5.11 Å². The highest BCUT2D eigenvalue weighted by Gasteiger charge is 2.01. The van der Waals surface area contributed by atoms with Crippen molar-refractivity contribution in [1.82, 2.24) is 14.3 Å². The summed E-state index contributed by atoms with van der Waals surface area (Å²) in [5, 5.41) is 13.0. The van der Waals surface area contributed by atoms with Gasteiger partial charge in [-0.3, -0.25) is 4.57 Å². The molecule has 0 aliphatic heterocycles. The summed E-state index contributed by atoms with van der Waals surface area (Å²) in [7, 11) is 1.68. The maximum atomic E-state index is 11.3. The van der Waals surface area contributed by atoms with E-state index in [1.165, 1.54) is 15.6 Å². The normalized spacial score (nSPS) is 13.1. The highest BCUT2D eigenvalue weighted by atomic mass is 16.3. The van der Waals surface area contributed by atoms with Crippen molar-refractivity contribution in [2.45, 2.75) is 38.8 Å². The van der Waals surface area contributed by atoms with Crippen LogP contribution in [0.25, 0.3) is 0 Å². The first-order valence-corrected chi connectivity index (χ1v) is 4.87. The molecule has 80 valence electrons. The Hall–Kier alpha value is -1.10. The van der Waals surface area contributed by atoms with E-state index in [0.29, 0.717) is 6.54 Å². The van der Waals surface area contributed by atoms with Crippen LogP contribution in [0.1, 0.15) is 26.2 Å². The van der Waals surface area contributed by atoms with Crippen LogP contribution in [0.15, 0.2) is 11.1 Å². The van der Waals surface area contributed by atoms with E-state index in [2.05, 4.69) is 5.10 Å². The number of rotatable bonds is 5. The molecule has 0 radical (unpaired) electrons. The summed E-state index contributed by atoms with van der Waals surface area (Å²) in [5.74, 6) is 0. The van der Waals surface area contributed by atoms with Crippen molar-refractivity contribution in [1.29, 1.82) is 0 Å². The Morgan fingerprint density at radius 1 is 1.57 bits per heavy atom. The average Bonchev–Trinajstić information content (AvgIpc) is 2.43. The summed E-state index contributed by atoms with van der Waals surface area (Å²) in [6.07, 6.45) is 3.83. The van der Waals surface area contributed by atoms with Gasteiger partial charge in [0.05, 0.1) is 6.10 Å². The topological polar surface area (TPSA) is 60.0 Å². The first kappa shape index (κ1) is 11.0. The van der Waals surface area contributed by atoms with Gasteiger partial charge in [0.1, 0.15) is 6.33 Å². The van der Waals surface area contributed by atoms with Crippen LogP contribution in [0.5, 0.6) is 0 Å². The molecule has 0 aromatic carbocycles. The zero-order valence-corrected chi connectivity index (χ0v) is 8.68. The molecule has 0 aliphatic carbocycles. The van der Waals surface area contributed by atoms with Gasteiger partial charge in [-0.05, 0) is 26.2 Å². The summed E-state index contributed by atoms with van der Waals surface area (Å²) < 4.78 is 2.90. The molecule has 0 fully saturated rings. The standard InChI is InChI=1S/C9H17N3O2/c1-8(13)5-3-4-6-12-9(14)11(2)7-10-12/h7-8,13H,3-6H2,1-2H3. The van der Waals surface area contributed by atoms with Crippen molar-refractivity contribution >= 4 is 0 Å². The van der Waals surface area contributed by atoms with Crippen molar-refractivity contribution < 1.29 is 5.11 Å². The highest BCUT2D eigenvalue weighted by Crippen LogP contribution is 2.00. The summed E-state index contributed by atoms with van der Waals surface area (Å²) in [6, 6.07) is 0. The zero-order chi connectivity index (χ0) is 10.6. The molecule has 0 amide bonds. The van der Waals surface area contributed by atoms with Crippen LogP contribution in [0.4, 0.5) is 0 Å². The molecule has 1 heterocycles. The Labute approximate surface area is 83.0 Å². The van der Waals surface area contributed by atoms with E-state index in [-0.39, 0.29) is 11.8 Å². The van der Waals surface area contributed by atoms with E-state index in [0.717, 1.165) is 19.3 Å². The third-order valence-electron chi connectivity index (χ3n) is 2.13. The van der Waals surface area contributed by atoms with Gasteiger partial charge in [-0.1, -0.05) is 0 Å². The minimum atomic E-state index is -0.254. The Morgan fingerprint density at radius 2 is 2.29 bits per heavy atom. The zero-order valence-electron chi connectivity index (χ0n) is 8.68. The molecular formula is C9H17N3O2. The molecule has 5 nitrogen and oxygen atoms in total. The van der Waals surface area contributed by atoms with Gasteiger partial charge in [0.25, 0.3) is 0 Å². The third-order valence-corrected chi connectivity index (χ3v) is 2.13. The first-order chi connectivity index (χ1) is 6.61. The maximum Gasteiger partial charge on any atom is 0.345 e. The van der Waals surface area contributed by atoms with Crippen LogP contribution < -0.4 is 5.69 Å². The number of aliphatic hydroxyl groups excluding tert-OH is 1. The number of unbranched alkanes of at least 4 members (excludes halogenated alkanes) is 1. The van der Waals surface area contributed by atoms with Crippen LogP contribution in [0.3, 0.4) is 0 Å². The Bertz CT molecular complexity index is 327. The number of aromatic nitrogens is 3. The SMILES string of the molecule is CC(O)CCCCn1ncn(C)c1=O. The number of aryl methyl sites for hydroxylation is 2. The molecule has 1 unspecified atom stereocenters. The van der Waals surface area contributed by atoms with E-state index in [1.807, 2.05) is 0 Å². The van der Waals surface area contributed by atoms with Crippen molar-refractivity contribution in [2.75, 3.05) is 0 Å².